The van der Waals surface area contributed by atoms with Gasteiger partial charge in [0, 0.05) is 32.2 Å². The Morgan fingerprint density at radius 3 is 2.10 bits per heavy atom. The molecule has 2 aromatic carbocycles. The highest BCUT2D eigenvalue weighted by atomic mass is 32.2. The topological polar surface area (TPSA) is 69.7 Å². The van der Waals surface area contributed by atoms with Gasteiger partial charge >= 0.3 is 0 Å². The van der Waals surface area contributed by atoms with Crippen LogP contribution in [-0.4, -0.2) is 62.9 Å². The van der Waals surface area contributed by atoms with Crippen LogP contribution in [0.15, 0.2) is 59.5 Å². The molecule has 0 atom stereocenters. The average Bonchev–Trinajstić information content (AvgIpc) is 2.84. The highest BCUT2D eigenvalue weighted by Crippen LogP contribution is 2.24. The Morgan fingerprint density at radius 1 is 0.839 bits per heavy atom. The van der Waals surface area contributed by atoms with Crippen LogP contribution in [0, 0.1) is 0 Å². The van der Waals surface area contributed by atoms with Crippen molar-refractivity contribution in [1.82, 2.24) is 14.5 Å². The molecule has 4 rings (SSSR count). The van der Waals surface area contributed by atoms with Crippen molar-refractivity contribution in [1.29, 1.82) is 0 Å². The largest absolute Gasteiger partial charge is 0.339 e. The smallest absolute Gasteiger partial charge is 0.241 e. The van der Waals surface area contributed by atoms with Gasteiger partial charge in [-0.15, -0.1) is 0 Å². The molecule has 0 bridgehead atoms. The first-order chi connectivity index (χ1) is 15.0. The van der Waals surface area contributed by atoms with Gasteiger partial charge in [0.25, 0.3) is 0 Å². The molecule has 7 heteroatoms. The van der Waals surface area contributed by atoms with Gasteiger partial charge in [-0.2, -0.15) is 0 Å². The summed E-state index contributed by atoms with van der Waals surface area (Å²) in [6.07, 6.45) is 6.47. The number of amides is 1. The van der Waals surface area contributed by atoms with Crippen molar-refractivity contribution in [3.05, 3.63) is 54.6 Å². The van der Waals surface area contributed by atoms with Crippen LogP contribution in [0.3, 0.4) is 0 Å². The Balaban J connectivity index is 1.28. The van der Waals surface area contributed by atoms with Crippen LogP contribution in [0.4, 0.5) is 0 Å². The normalized spacial score (nSPS) is 18.8. The summed E-state index contributed by atoms with van der Waals surface area (Å²) in [6.45, 7) is 2.89. The van der Waals surface area contributed by atoms with Gasteiger partial charge in [0.2, 0.25) is 15.9 Å². The van der Waals surface area contributed by atoms with Gasteiger partial charge in [-0.1, -0.05) is 61.7 Å². The molecule has 1 heterocycles. The molecule has 0 radical (unpaired) electrons. The van der Waals surface area contributed by atoms with Gasteiger partial charge in [-0.05, 0) is 36.1 Å². The molecule has 1 saturated carbocycles. The third-order valence-corrected chi connectivity index (χ3v) is 7.86. The molecule has 1 aliphatic heterocycles. The molecule has 2 aromatic rings. The van der Waals surface area contributed by atoms with E-state index in [-0.39, 0.29) is 17.3 Å². The summed E-state index contributed by atoms with van der Waals surface area (Å²) in [5, 5.41) is 0. The fourth-order valence-electron chi connectivity index (χ4n) is 4.59. The minimum absolute atomic E-state index is 0.159. The fourth-order valence-corrected chi connectivity index (χ4v) is 5.57. The van der Waals surface area contributed by atoms with E-state index in [1.54, 1.807) is 29.2 Å². The second-order valence-corrected chi connectivity index (χ2v) is 10.2. The monoisotopic (exact) mass is 441 g/mol. The first-order valence-corrected chi connectivity index (χ1v) is 12.7. The predicted molar refractivity (Wildman–Crippen MR) is 122 cm³/mol. The van der Waals surface area contributed by atoms with Crippen molar-refractivity contribution in [2.24, 2.45) is 0 Å². The van der Waals surface area contributed by atoms with E-state index in [1.807, 2.05) is 30.3 Å². The van der Waals surface area contributed by atoms with Crippen LogP contribution >= 0.6 is 0 Å². The third-order valence-electron chi connectivity index (χ3n) is 6.44. The SMILES string of the molecule is O=C(CNS(=O)(=O)c1ccc(-c2ccccc2)cc1)N1CCN(C2CCCCC2)CC1. The average molecular weight is 442 g/mol. The summed E-state index contributed by atoms with van der Waals surface area (Å²) in [5.41, 5.74) is 1.98. The molecule has 31 heavy (non-hydrogen) atoms. The fraction of sp³-hybridized carbons (Fsp3) is 0.458. The van der Waals surface area contributed by atoms with Gasteiger partial charge in [0.15, 0.2) is 0 Å². The van der Waals surface area contributed by atoms with E-state index < -0.39 is 10.0 Å². The maximum atomic E-state index is 12.6. The van der Waals surface area contributed by atoms with Gasteiger partial charge in [0.05, 0.1) is 11.4 Å². The maximum absolute atomic E-state index is 12.6. The van der Waals surface area contributed by atoms with Gasteiger partial charge < -0.3 is 4.90 Å². The van der Waals surface area contributed by atoms with E-state index in [0.29, 0.717) is 19.1 Å². The quantitative estimate of drug-likeness (QED) is 0.748. The van der Waals surface area contributed by atoms with E-state index in [1.165, 1.54) is 32.1 Å². The van der Waals surface area contributed by atoms with Crippen LogP contribution < -0.4 is 4.72 Å². The zero-order valence-electron chi connectivity index (χ0n) is 17.9. The van der Waals surface area contributed by atoms with Gasteiger partial charge in [-0.25, -0.2) is 13.1 Å². The van der Waals surface area contributed by atoms with E-state index in [4.69, 9.17) is 0 Å². The number of piperazine rings is 1. The molecule has 2 fully saturated rings. The number of rotatable bonds is 6. The lowest BCUT2D eigenvalue weighted by atomic mass is 9.94. The second-order valence-electron chi connectivity index (χ2n) is 8.42. The minimum atomic E-state index is -3.73. The van der Waals surface area contributed by atoms with Crippen molar-refractivity contribution >= 4 is 15.9 Å². The Bertz CT molecular complexity index is 963. The van der Waals surface area contributed by atoms with E-state index in [9.17, 15) is 13.2 Å². The zero-order valence-corrected chi connectivity index (χ0v) is 18.7. The lowest BCUT2D eigenvalue weighted by Crippen LogP contribution is -2.53. The van der Waals surface area contributed by atoms with E-state index >= 15 is 0 Å². The molecule has 0 unspecified atom stereocenters. The second kappa shape index (κ2) is 9.94. The summed E-state index contributed by atoms with van der Waals surface area (Å²) in [7, 11) is -3.73. The summed E-state index contributed by atoms with van der Waals surface area (Å²) in [4.78, 5) is 17.0. The number of nitrogens with zero attached hydrogens (tertiary/aromatic N) is 2. The number of carbonyl (C=O) groups excluding carboxylic acids is 1. The van der Waals surface area contributed by atoms with Crippen LogP contribution in [0.1, 0.15) is 32.1 Å². The summed E-state index contributed by atoms with van der Waals surface area (Å²) in [6, 6.07) is 17.2. The Labute approximate surface area is 185 Å². The Kier molecular flexibility index (Phi) is 7.05. The molecule has 6 nitrogen and oxygen atoms in total. The first-order valence-electron chi connectivity index (χ1n) is 11.2. The van der Waals surface area contributed by atoms with Gasteiger partial charge in [-0.3, -0.25) is 9.69 Å². The molecule has 0 aromatic heterocycles. The highest BCUT2D eigenvalue weighted by molar-refractivity contribution is 7.89. The zero-order chi connectivity index (χ0) is 21.7. The van der Waals surface area contributed by atoms with Crippen LogP contribution in [0.25, 0.3) is 11.1 Å². The van der Waals surface area contributed by atoms with E-state index in [2.05, 4.69) is 9.62 Å². The molecule has 1 amide bonds. The van der Waals surface area contributed by atoms with Crippen molar-refractivity contribution in [2.75, 3.05) is 32.7 Å². The third kappa shape index (κ3) is 5.53. The van der Waals surface area contributed by atoms with Crippen LogP contribution in [0.5, 0.6) is 0 Å². The van der Waals surface area contributed by atoms with Crippen molar-refractivity contribution < 1.29 is 13.2 Å². The lowest BCUT2D eigenvalue weighted by Gasteiger charge is -2.40. The maximum Gasteiger partial charge on any atom is 0.241 e. The number of carbonyl (C=O) groups is 1. The number of hydrogen-bond acceptors (Lipinski definition) is 4. The number of nitrogens with one attached hydrogen (secondary N) is 1. The molecular weight excluding hydrogens is 410 g/mol. The highest BCUT2D eigenvalue weighted by Gasteiger charge is 2.27. The summed E-state index contributed by atoms with van der Waals surface area (Å²) in [5.74, 6) is -0.159. The molecule has 166 valence electrons. The van der Waals surface area contributed by atoms with Crippen molar-refractivity contribution in [3.63, 3.8) is 0 Å². The molecule has 1 aliphatic carbocycles. The number of sulfonamides is 1. The van der Waals surface area contributed by atoms with Gasteiger partial charge in [0.1, 0.15) is 0 Å². The molecule has 1 saturated heterocycles. The lowest BCUT2D eigenvalue weighted by molar-refractivity contribution is -0.132. The Hall–Kier alpha value is -2.22. The summed E-state index contributed by atoms with van der Waals surface area (Å²) >= 11 is 0. The molecule has 1 N–H and O–H groups in total. The Morgan fingerprint density at radius 2 is 1.45 bits per heavy atom. The first kappa shape index (κ1) is 22.0. The number of hydrogen-bond donors (Lipinski definition) is 1. The van der Waals surface area contributed by atoms with Crippen molar-refractivity contribution in [3.8, 4) is 11.1 Å². The predicted octanol–water partition coefficient (Wildman–Crippen LogP) is 3.11. The molecule has 2 aliphatic rings. The number of benzene rings is 2. The summed E-state index contributed by atoms with van der Waals surface area (Å²) < 4.78 is 27.7. The van der Waals surface area contributed by atoms with Crippen LogP contribution in [0.2, 0.25) is 0 Å². The molecular formula is C24H31N3O3S. The van der Waals surface area contributed by atoms with Crippen molar-refractivity contribution in [2.45, 2.75) is 43.0 Å². The molecule has 0 spiro atoms. The van der Waals surface area contributed by atoms with E-state index in [0.717, 1.165) is 24.2 Å². The minimum Gasteiger partial charge on any atom is -0.339 e. The van der Waals surface area contributed by atoms with Crippen LogP contribution in [-0.2, 0) is 14.8 Å². The standard InChI is InChI=1S/C24H31N3O3S/c28-24(27-17-15-26(16-18-27)22-9-5-2-6-10-22)19-25-31(29,30)23-13-11-21(12-14-23)20-7-3-1-4-8-20/h1,3-4,7-8,11-14,22,25H,2,5-6,9-10,15-19H2.